The Morgan fingerprint density at radius 1 is 1.19 bits per heavy atom. The van der Waals surface area contributed by atoms with Gasteiger partial charge in [0.05, 0.1) is 11.1 Å². The summed E-state index contributed by atoms with van der Waals surface area (Å²) in [5.74, 6) is -0.000594. The molecule has 21 heavy (non-hydrogen) atoms. The van der Waals surface area contributed by atoms with E-state index in [4.69, 9.17) is 5.73 Å². The minimum absolute atomic E-state index is 0.104. The highest BCUT2D eigenvalue weighted by atomic mass is 19.1. The van der Waals surface area contributed by atoms with Crippen LogP contribution in [-0.2, 0) is 5.54 Å². The Bertz CT molecular complexity index is 640. The van der Waals surface area contributed by atoms with Gasteiger partial charge in [-0.3, -0.25) is 0 Å². The first kappa shape index (κ1) is 15.4. The number of hydrogen-bond donors (Lipinski definition) is 1. The Kier molecular flexibility index (Phi) is 3.74. The second-order valence-corrected chi connectivity index (χ2v) is 7.20. The lowest BCUT2D eigenvalue weighted by molar-refractivity contribution is 0.197. The molecule has 0 aliphatic carbocycles. The second kappa shape index (κ2) is 5.09. The molecule has 2 N–H and O–H groups in total. The van der Waals surface area contributed by atoms with Gasteiger partial charge in [0, 0.05) is 5.69 Å². The number of halogens is 1. The number of nitrogens with two attached hydrogens (primary N) is 1. The molecular weight excluding hydrogens is 269 g/mol. The van der Waals surface area contributed by atoms with Gasteiger partial charge in [0.1, 0.15) is 5.82 Å². The van der Waals surface area contributed by atoms with Crippen molar-refractivity contribution in [3.05, 3.63) is 24.0 Å². The molecule has 0 amide bonds. The Morgan fingerprint density at radius 2 is 1.86 bits per heavy atom. The summed E-state index contributed by atoms with van der Waals surface area (Å²) in [7, 11) is 0. The molecule has 2 rings (SSSR count). The molecule has 0 spiro atoms. The molecule has 6 heteroatoms. The summed E-state index contributed by atoms with van der Waals surface area (Å²) in [6.07, 6.45) is 0.856. The van der Waals surface area contributed by atoms with Crippen molar-refractivity contribution in [1.29, 1.82) is 0 Å². The number of tetrazole rings is 1. The van der Waals surface area contributed by atoms with Crippen LogP contribution in [0.5, 0.6) is 0 Å². The third-order valence-corrected chi connectivity index (χ3v) is 3.24. The monoisotopic (exact) mass is 291 g/mol. The molecule has 0 saturated carbocycles. The highest BCUT2D eigenvalue weighted by Crippen LogP contribution is 2.34. The smallest absolute Gasteiger partial charge is 0.185 e. The van der Waals surface area contributed by atoms with E-state index in [1.807, 2.05) is 13.8 Å². The molecule has 0 radical (unpaired) electrons. The van der Waals surface area contributed by atoms with Gasteiger partial charge >= 0.3 is 0 Å². The van der Waals surface area contributed by atoms with Crippen molar-refractivity contribution in [3.63, 3.8) is 0 Å². The first-order valence-corrected chi connectivity index (χ1v) is 6.94. The maximum Gasteiger partial charge on any atom is 0.185 e. The molecule has 0 saturated heterocycles. The fourth-order valence-corrected chi connectivity index (χ4v) is 2.85. The van der Waals surface area contributed by atoms with Gasteiger partial charge in [0.25, 0.3) is 0 Å². The lowest BCUT2D eigenvalue weighted by Gasteiger charge is -2.32. The molecule has 1 aromatic heterocycles. The second-order valence-electron chi connectivity index (χ2n) is 7.20. The SMILES string of the molecule is CC(C)(C)CC(C)(C)n1nnnc1-c1ccc(N)cc1F. The van der Waals surface area contributed by atoms with E-state index < -0.39 is 5.82 Å². The fourth-order valence-electron chi connectivity index (χ4n) is 2.85. The van der Waals surface area contributed by atoms with E-state index in [-0.39, 0.29) is 11.0 Å². The highest BCUT2D eigenvalue weighted by molar-refractivity contribution is 5.59. The van der Waals surface area contributed by atoms with Gasteiger partial charge in [0.2, 0.25) is 0 Å². The van der Waals surface area contributed by atoms with Crippen molar-refractivity contribution in [3.8, 4) is 11.4 Å². The van der Waals surface area contributed by atoms with Gasteiger partial charge in [-0.15, -0.1) is 5.10 Å². The van der Waals surface area contributed by atoms with Gasteiger partial charge in [0.15, 0.2) is 5.82 Å². The van der Waals surface area contributed by atoms with E-state index in [9.17, 15) is 4.39 Å². The van der Waals surface area contributed by atoms with Crippen molar-refractivity contribution >= 4 is 5.69 Å². The molecule has 0 unspecified atom stereocenters. The zero-order valence-electron chi connectivity index (χ0n) is 13.2. The number of nitrogen functional groups attached to an aromatic ring is 1. The van der Waals surface area contributed by atoms with Gasteiger partial charge in [-0.05, 0) is 54.3 Å². The first-order chi connectivity index (χ1) is 9.60. The Hall–Kier alpha value is -1.98. The predicted molar refractivity (Wildman–Crippen MR) is 81.0 cm³/mol. The largest absolute Gasteiger partial charge is 0.399 e. The Labute approximate surface area is 124 Å². The van der Waals surface area contributed by atoms with Crippen molar-refractivity contribution in [2.45, 2.75) is 46.6 Å². The van der Waals surface area contributed by atoms with Crippen molar-refractivity contribution < 1.29 is 4.39 Å². The van der Waals surface area contributed by atoms with Crippen LogP contribution in [0.2, 0.25) is 0 Å². The van der Waals surface area contributed by atoms with Crippen LogP contribution in [0.4, 0.5) is 10.1 Å². The summed E-state index contributed by atoms with van der Waals surface area (Å²) in [5.41, 5.74) is 6.10. The summed E-state index contributed by atoms with van der Waals surface area (Å²) in [6.45, 7) is 10.6. The number of hydrogen-bond acceptors (Lipinski definition) is 4. The number of rotatable bonds is 3. The van der Waals surface area contributed by atoms with Crippen molar-refractivity contribution in [2.24, 2.45) is 5.41 Å². The maximum absolute atomic E-state index is 14.1. The highest BCUT2D eigenvalue weighted by Gasteiger charge is 2.31. The number of nitrogens with zero attached hydrogens (tertiary/aromatic N) is 4. The zero-order chi connectivity index (χ0) is 15.8. The summed E-state index contributed by atoms with van der Waals surface area (Å²) >= 11 is 0. The van der Waals surface area contributed by atoms with E-state index in [1.54, 1.807) is 16.8 Å². The number of benzene rings is 1. The Morgan fingerprint density at radius 3 is 2.43 bits per heavy atom. The minimum Gasteiger partial charge on any atom is -0.399 e. The lowest BCUT2D eigenvalue weighted by Crippen LogP contribution is -2.33. The average molecular weight is 291 g/mol. The van der Waals surface area contributed by atoms with Gasteiger partial charge in [-0.25, -0.2) is 9.07 Å². The molecule has 1 aromatic carbocycles. The van der Waals surface area contributed by atoms with Crippen molar-refractivity contribution in [2.75, 3.05) is 5.73 Å². The normalized spacial score (nSPS) is 12.7. The summed E-state index contributed by atoms with van der Waals surface area (Å²) in [5, 5.41) is 11.8. The third kappa shape index (κ3) is 3.37. The first-order valence-electron chi connectivity index (χ1n) is 6.94. The summed E-state index contributed by atoms with van der Waals surface area (Å²) in [6, 6.07) is 4.54. The molecular formula is C15H22FN5. The number of anilines is 1. The predicted octanol–water partition coefficient (Wildman–Crippen LogP) is 3.23. The lowest BCUT2D eigenvalue weighted by atomic mass is 9.82. The molecule has 0 bridgehead atoms. The third-order valence-electron chi connectivity index (χ3n) is 3.24. The minimum atomic E-state index is -0.419. The van der Waals surface area contributed by atoms with Crippen molar-refractivity contribution in [1.82, 2.24) is 20.2 Å². The fraction of sp³-hybridized carbons (Fsp3) is 0.533. The van der Waals surface area contributed by atoms with Crippen LogP contribution in [0.25, 0.3) is 11.4 Å². The van der Waals surface area contributed by atoms with Crippen LogP contribution < -0.4 is 5.73 Å². The van der Waals surface area contributed by atoms with E-state index in [2.05, 4.69) is 36.3 Å². The van der Waals surface area contributed by atoms with E-state index in [1.165, 1.54) is 6.07 Å². The standard InChI is InChI=1S/C15H22FN5/c1-14(2,3)9-15(4,5)21-13(18-19-20-21)11-7-6-10(17)8-12(11)16/h6-8H,9,17H2,1-5H3. The van der Waals surface area contributed by atoms with Crippen LogP contribution in [0.3, 0.4) is 0 Å². The number of aromatic nitrogens is 4. The topological polar surface area (TPSA) is 69.6 Å². The van der Waals surface area contributed by atoms with E-state index in [0.29, 0.717) is 17.1 Å². The van der Waals surface area contributed by atoms with Crippen LogP contribution in [0, 0.1) is 11.2 Å². The summed E-state index contributed by atoms with van der Waals surface area (Å²) < 4.78 is 15.8. The summed E-state index contributed by atoms with van der Waals surface area (Å²) in [4.78, 5) is 0. The molecule has 114 valence electrons. The molecule has 2 aromatic rings. The molecule has 1 heterocycles. The maximum atomic E-state index is 14.1. The van der Waals surface area contributed by atoms with Gasteiger partial charge < -0.3 is 5.73 Å². The Balaban J connectivity index is 2.47. The quantitative estimate of drug-likeness (QED) is 0.881. The molecule has 0 aliphatic rings. The van der Waals surface area contributed by atoms with Gasteiger partial charge in [-0.2, -0.15) is 0 Å². The van der Waals surface area contributed by atoms with E-state index in [0.717, 1.165) is 6.42 Å². The van der Waals surface area contributed by atoms with Crippen LogP contribution in [0.15, 0.2) is 18.2 Å². The molecule has 5 nitrogen and oxygen atoms in total. The van der Waals surface area contributed by atoms with E-state index >= 15 is 0 Å². The zero-order valence-corrected chi connectivity index (χ0v) is 13.2. The van der Waals surface area contributed by atoms with Gasteiger partial charge in [-0.1, -0.05) is 20.8 Å². The molecule has 0 aliphatic heterocycles. The molecule has 0 atom stereocenters. The van der Waals surface area contributed by atoms with Crippen LogP contribution in [-0.4, -0.2) is 20.2 Å². The van der Waals surface area contributed by atoms with Crippen LogP contribution in [0.1, 0.15) is 41.0 Å². The molecule has 0 fully saturated rings. The average Bonchev–Trinajstić information content (AvgIpc) is 2.75. The van der Waals surface area contributed by atoms with Crippen LogP contribution >= 0.6 is 0 Å².